The van der Waals surface area contributed by atoms with Gasteiger partial charge in [-0.05, 0) is 24.5 Å². The van der Waals surface area contributed by atoms with E-state index in [2.05, 4.69) is 0 Å². The standard InChI is InChI=1S/C13H10O5/c14-9-6-10(13(15)16)18-12-8(9)4-3-7-2-1-5-17-11(7)12/h3-4,6H,1-2,5H2,(H,15,16). The van der Waals surface area contributed by atoms with Gasteiger partial charge in [0, 0.05) is 6.07 Å². The minimum Gasteiger partial charge on any atom is -0.489 e. The van der Waals surface area contributed by atoms with Gasteiger partial charge in [-0.25, -0.2) is 4.79 Å². The molecule has 5 nitrogen and oxygen atoms in total. The lowest BCUT2D eigenvalue weighted by molar-refractivity contribution is 0.0662. The summed E-state index contributed by atoms with van der Waals surface area (Å²) in [5.41, 5.74) is 0.808. The first kappa shape index (κ1) is 10.8. The number of carboxylic acid groups (broad SMARTS) is 1. The van der Waals surface area contributed by atoms with Gasteiger partial charge in [-0.1, -0.05) is 6.07 Å². The first-order valence-corrected chi connectivity index (χ1v) is 5.62. The van der Waals surface area contributed by atoms with Crippen LogP contribution in [0.15, 0.2) is 27.4 Å². The number of carboxylic acids is 1. The van der Waals surface area contributed by atoms with E-state index < -0.39 is 5.97 Å². The maximum atomic E-state index is 11.8. The van der Waals surface area contributed by atoms with E-state index in [4.69, 9.17) is 14.3 Å². The van der Waals surface area contributed by atoms with Crippen LogP contribution in [0.4, 0.5) is 0 Å². The number of hydrogen-bond acceptors (Lipinski definition) is 4. The van der Waals surface area contributed by atoms with Crippen LogP contribution >= 0.6 is 0 Å². The van der Waals surface area contributed by atoms with E-state index >= 15 is 0 Å². The van der Waals surface area contributed by atoms with E-state index in [0.717, 1.165) is 24.5 Å². The zero-order valence-electron chi connectivity index (χ0n) is 9.43. The molecule has 0 saturated carbocycles. The van der Waals surface area contributed by atoms with Crippen molar-refractivity contribution >= 4 is 16.9 Å². The zero-order chi connectivity index (χ0) is 12.7. The van der Waals surface area contributed by atoms with Gasteiger partial charge in [-0.15, -0.1) is 0 Å². The highest BCUT2D eigenvalue weighted by atomic mass is 16.5. The fraction of sp³-hybridized carbons (Fsp3) is 0.231. The van der Waals surface area contributed by atoms with E-state index in [0.29, 0.717) is 17.7 Å². The Morgan fingerprint density at radius 1 is 1.33 bits per heavy atom. The monoisotopic (exact) mass is 246 g/mol. The molecule has 1 aliphatic rings. The second-order valence-electron chi connectivity index (χ2n) is 4.16. The fourth-order valence-electron chi connectivity index (χ4n) is 2.13. The second-order valence-corrected chi connectivity index (χ2v) is 4.16. The van der Waals surface area contributed by atoms with Gasteiger partial charge in [0.2, 0.25) is 5.76 Å². The summed E-state index contributed by atoms with van der Waals surface area (Å²) in [4.78, 5) is 22.7. The van der Waals surface area contributed by atoms with Crippen LogP contribution in [-0.4, -0.2) is 17.7 Å². The van der Waals surface area contributed by atoms with Gasteiger partial charge in [0.05, 0.1) is 12.0 Å². The third-order valence-corrected chi connectivity index (χ3v) is 2.98. The van der Waals surface area contributed by atoms with Crippen molar-refractivity contribution in [1.82, 2.24) is 0 Å². The van der Waals surface area contributed by atoms with Gasteiger partial charge >= 0.3 is 5.97 Å². The molecule has 92 valence electrons. The number of benzene rings is 1. The number of ether oxygens (including phenoxy) is 1. The Labute approximate surface area is 102 Å². The van der Waals surface area contributed by atoms with E-state index in [1.165, 1.54) is 0 Å². The largest absolute Gasteiger partial charge is 0.489 e. The lowest BCUT2D eigenvalue weighted by Crippen LogP contribution is -2.12. The van der Waals surface area contributed by atoms with Crippen molar-refractivity contribution in [2.75, 3.05) is 6.61 Å². The summed E-state index contributed by atoms with van der Waals surface area (Å²) in [6.45, 7) is 0.549. The number of aromatic carboxylic acids is 1. The predicted octanol–water partition coefficient (Wildman–Crippen LogP) is 1.82. The van der Waals surface area contributed by atoms with E-state index in [1.54, 1.807) is 6.07 Å². The number of aryl methyl sites for hydroxylation is 1. The average molecular weight is 246 g/mol. The quantitative estimate of drug-likeness (QED) is 0.830. The molecule has 0 bridgehead atoms. The summed E-state index contributed by atoms with van der Waals surface area (Å²) in [6.07, 6.45) is 1.74. The van der Waals surface area contributed by atoms with Crippen molar-refractivity contribution in [3.8, 4) is 5.75 Å². The third kappa shape index (κ3) is 1.55. The molecular weight excluding hydrogens is 236 g/mol. The van der Waals surface area contributed by atoms with Crippen LogP contribution in [0.5, 0.6) is 5.75 Å². The molecule has 0 amide bonds. The Kier molecular flexibility index (Phi) is 2.33. The molecule has 1 N–H and O–H groups in total. The molecule has 0 saturated heterocycles. The van der Waals surface area contributed by atoms with Crippen molar-refractivity contribution in [2.45, 2.75) is 12.8 Å². The Hall–Kier alpha value is -2.30. The van der Waals surface area contributed by atoms with E-state index in [9.17, 15) is 9.59 Å². The topological polar surface area (TPSA) is 76.7 Å². The van der Waals surface area contributed by atoms with Crippen LogP contribution in [0.1, 0.15) is 22.5 Å². The van der Waals surface area contributed by atoms with Crippen LogP contribution in [-0.2, 0) is 6.42 Å². The number of fused-ring (bicyclic) bond motifs is 3. The second kappa shape index (κ2) is 3.87. The van der Waals surface area contributed by atoms with Crippen molar-refractivity contribution in [2.24, 2.45) is 0 Å². The molecule has 2 aromatic rings. The minimum absolute atomic E-state index is 0.233. The first-order valence-electron chi connectivity index (χ1n) is 5.62. The van der Waals surface area contributed by atoms with E-state index in [-0.39, 0.29) is 16.8 Å². The van der Waals surface area contributed by atoms with Crippen LogP contribution in [0.2, 0.25) is 0 Å². The highest BCUT2D eigenvalue weighted by Crippen LogP contribution is 2.32. The fourth-order valence-corrected chi connectivity index (χ4v) is 2.13. The van der Waals surface area contributed by atoms with Gasteiger partial charge < -0.3 is 14.3 Å². The molecule has 0 unspecified atom stereocenters. The molecule has 0 radical (unpaired) electrons. The summed E-state index contributed by atoms with van der Waals surface area (Å²) in [5, 5.41) is 9.25. The molecule has 0 atom stereocenters. The molecule has 3 rings (SSSR count). The Morgan fingerprint density at radius 2 is 2.17 bits per heavy atom. The van der Waals surface area contributed by atoms with Gasteiger partial charge in [0.1, 0.15) is 0 Å². The number of rotatable bonds is 1. The van der Waals surface area contributed by atoms with Gasteiger partial charge in [-0.2, -0.15) is 0 Å². The van der Waals surface area contributed by atoms with Crippen LogP contribution < -0.4 is 10.2 Å². The molecule has 1 aromatic carbocycles. The summed E-state index contributed by atoms with van der Waals surface area (Å²) in [5.74, 6) is -1.13. The SMILES string of the molecule is O=C(O)c1cc(=O)c2ccc3c(c2o1)OCCC3. The van der Waals surface area contributed by atoms with Crippen molar-refractivity contribution in [3.05, 3.63) is 39.7 Å². The Bertz CT molecular complexity index is 698. The number of hydrogen-bond donors (Lipinski definition) is 1. The molecule has 0 aliphatic carbocycles. The molecular formula is C13H10O5. The van der Waals surface area contributed by atoms with Gasteiger partial charge in [0.15, 0.2) is 16.8 Å². The first-order chi connectivity index (χ1) is 8.66. The van der Waals surface area contributed by atoms with Crippen molar-refractivity contribution in [1.29, 1.82) is 0 Å². The average Bonchev–Trinajstić information content (AvgIpc) is 2.38. The normalized spacial score (nSPS) is 14.0. The predicted molar refractivity (Wildman–Crippen MR) is 63.3 cm³/mol. The smallest absolute Gasteiger partial charge is 0.371 e. The van der Waals surface area contributed by atoms with Crippen LogP contribution in [0.25, 0.3) is 11.0 Å². The lowest BCUT2D eigenvalue weighted by atomic mass is 10.0. The maximum Gasteiger partial charge on any atom is 0.371 e. The summed E-state index contributed by atoms with van der Waals surface area (Å²) < 4.78 is 10.8. The molecule has 18 heavy (non-hydrogen) atoms. The van der Waals surface area contributed by atoms with Crippen LogP contribution in [0, 0.1) is 0 Å². The minimum atomic E-state index is -1.26. The number of carbonyl (C=O) groups is 1. The summed E-state index contributed by atoms with van der Waals surface area (Å²) in [7, 11) is 0. The Balaban J connectivity index is 2.38. The highest BCUT2D eigenvalue weighted by Gasteiger charge is 2.19. The van der Waals surface area contributed by atoms with E-state index in [1.807, 2.05) is 6.07 Å². The maximum absolute atomic E-state index is 11.8. The van der Waals surface area contributed by atoms with Gasteiger partial charge in [0.25, 0.3) is 0 Å². The molecule has 0 fully saturated rings. The lowest BCUT2D eigenvalue weighted by Gasteiger charge is -2.17. The molecule has 1 aliphatic heterocycles. The molecule has 0 spiro atoms. The van der Waals surface area contributed by atoms with Crippen molar-refractivity contribution in [3.63, 3.8) is 0 Å². The molecule has 2 heterocycles. The molecule has 1 aromatic heterocycles. The third-order valence-electron chi connectivity index (χ3n) is 2.98. The Morgan fingerprint density at radius 3 is 2.94 bits per heavy atom. The highest BCUT2D eigenvalue weighted by molar-refractivity contribution is 5.90. The summed E-state index contributed by atoms with van der Waals surface area (Å²) >= 11 is 0. The van der Waals surface area contributed by atoms with Crippen LogP contribution in [0.3, 0.4) is 0 Å². The molecule has 5 heteroatoms. The van der Waals surface area contributed by atoms with Crippen molar-refractivity contribution < 1.29 is 19.1 Å². The zero-order valence-corrected chi connectivity index (χ0v) is 9.43. The summed E-state index contributed by atoms with van der Waals surface area (Å²) in [6, 6.07) is 4.47. The van der Waals surface area contributed by atoms with Gasteiger partial charge in [-0.3, -0.25) is 4.79 Å².